The van der Waals surface area contributed by atoms with Crippen LogP contribution in [0.15, 0.2) is 24.8 Å². The van der Waals surface area contributed by atoms with Crippen molar-refractivity contribution in [2.24, 2.45) is 5.73 Å². The Morgan fingerprint density at radius 2 is 1.29 bits per heavy atom. The van der Waals surface area contributed by atoms with E-state index >= 15 is 0 Å². The van der Waals surface area contributed by atoms with Crippen molar-refractivity contribution in [2.75, 3.05) is 26.7 Å². The average Bonchev–Trinajstić information content (AvgIpc) is 3.59. The van der Waals surface area contributed by atoms with Crippen LogP contribution in [0.25, 0.3) is 0 Å². The fourth-order valence-corrected chi connectivity index (χ4v) is 6.23. The van der Waals surface area contributed by atoms with Gasteiger partial charge in [0.2, 0.25) is 12.6 Å². The third kappa shape index (κ3) is 12.6. The van der Waals surface area contributed by atoms with Gasteiger partial charge >= 0.3 is 41.6 Å². The average molecular weight is 739 g/mol. The highest BCUT2D eigenvalue weighted by atomic mass is 16.4. The van der Waals surface area contributed by atoms with E-state index in [1.54, 1.807) is 21.5 Å². The number of nitrogens with one attached hydrogen (secondary N) is 3. The number of aliphatic carboxylic acids is 4. The van der Waals surface area contributed by atoms with Gasteiger partial charge in [0.05, 0.1) is 19.6 Å². The van der Waals surface area contributed by atoms with Crippen molar-refractivity contribution >= 4 is 35.8 Å². The lowest BCUT2D eigenvalue weighted by Gasteiger charge is -2.33. The summed E-state index contributed by atoms with van der Waals surface area (Å²) in [5, 5.41) is 53.7. The molecule has 52 heavy (non-hydrogen) atoms. The Hall–Kier alpha value is -5.08. The molecule has 0 aliphatic carbocycles. The molecule has 0 bridgehead atoms. The van der Waals surface area contributed by atoms with E-state index in [0.29, 0.717) is 62.9 Å². The van der Waals surface area contributed by atoms with Crippen LogP contribution in [0.3, 0.4) is 0 Å². The summed E-state index contributed by atoms with van der Waals surface area (Å²) in [7, 11) is 2.03. The summed E-state index contributed by atoms with van der Waals surface area (Å²) in [5.41, 5.74) is 6.17. The minimum absolute atomic E-state index is 0.0196. The van der Waals surface area contributed by atoms with Crippen LogP contribution < -0.4 is 30.8 Å². The molecule has 2 aromatic heterocycles. The van der Waals surface area contributed by atoms with Crippen molar-refractivity contribution in [1.82, 2.24) is 25.1 Å². The highest BCUT2D eigenvalue weighted by Crippen LogP contribution is 2.19. The van der Waals surface area contributed by atoms with Gasteiger partial charge in [-0.15, -0.1) is 0 Å². The summed E-state index contributed by atoms with van der Waals surface area (Å²) in [6, 6.07) is -4.29. The zero-order valence-corrected chi connectivity index (χ0v) is 29.4. The van der Waals surface area contributed by atoms with Gasteiger partial charge in [0.25, 0.3) is 0 Å². The number of nitrogens with two attached hydrogens (primary N) is 1. The topological polar surface area (TPSA) is 283 Å². The second-order valence-corrected chi connectivity index (χ2v) is 13.4. The zero-order chi connectivity index (χ0) is 38.4. The fourth-order valence-electron chi connectivity index (χ4n) is 6.23. The van der Waals surface area contributed by atoms with Crippen LogP contribution in [0.4, 0.5) is 4.79 Å². The molecule has 0 saturated heterocycles. The van der Waals surface area contributed by atoms with E-state index in [2.05, 4.69) is 16.0 Å². The zero-order valence-electron chi connectivity index (χ0n) is 29.4. The number of aromatic nitrogens is 4. The molecule has 3 unspecified atom stereocenters. The number of hydrogen-bond acceptors (Lipinski definition) is 8. The number of aliphatic hydroxyl groups excluding tert-OH is 1. The summed E-state index contributed by atoms with van der Waals surface area (Å²) < 4.78 is 7.77. The van der Waals surface area contributed by atoms with Gasteiger partial charge in [0, 0.05) is 13.2 Å². The minimum atomic E-state index is -1.31. The minimum Gasteiger partial charge on any atom is -0.480 e. The van der Waals surface area contributed by atoms with Crippen molar-refractivity contribution in [3.63, 3.8) is 0 Å². The van der Waals surface area contributed by atoms with Crippen LogP contribution in [-0.2, 0) is 56.8 Å². The summed E-state index contributed by atoms with van der Waals surface area (Å²) >= 11 is 0. The Morgan fingerprint density at radius 1 is 0.788 bits per heavy atom. The maximum absolute atomic E-state index is 12.7. The van der Waals surface area contributed by atoms with Gasteiger partial charge in [0.1, 0.15) is 36.9 Å². The molecule has 3 rings (SSSR count). The fraction of sp³-hybridized carbons (Fsp3) is 0.625. The molecule has 1 aliphatic rings. The second kappa shape index (κ2) is 19.5. The van der Waals surface area contributed by atoms with Gasteiger partial charge < -0.3 is 51.7 Å². The largest absolute Gasteiger partial charge is 0.480 e. The molecule has 3 heterocycles. The number of carboxylic acids is 4. The molecule has 10 N–H and O–H groups in total. The number of hydrogen-bond donors (Lipinski definition) is 9. The Bertz CT molecular complexity index is 1510. The third-order valence-electron chi connectivity index (χ3n) is 9.02. The monoisotopic (exact) mass is 738 g/mol. The van der Waals surface area contributed by atoms with Crippen LogP contribution in [0, 0.1) is 0 Å². The van der Waals surface area contributed by atoms with Gasteiger partial charge in [-0.05, 0) is 51.4 Å². The molecule has 3 amide bonds. The summed E-state index contributed by atoms with van der Waals surface area (Å²) in [4.78, 5) is 70.9. The number of imidazole rings is 2. The molecule has 2 aromatic rings. The number of carbonyl (C=O) groups is 6. The molecule has 288 valence electrons. The number of nitrogens with zero attached hydrogens (tertiary/aromatic N) is 5. The van der Waals surface area contributed by atoms with E-state index in [4.69, 9.17) is 10.8 Å². The smallest absolute Gasteiger partial charge is 0.346 e. The van der Waals surface area contributed by atoms with Crippen molar-refractivity contribution in [1.29, 1.82) is 0 Å². The SMILES string of the molecule is C[N+]1(CCCCC(N)C(=O)NCCCCC(NC(=O)NC(CCCO)C(=O)O)C(=O)O)Cc2n(CC(=O)O)cc[n+]2C[n+]2ccn(CC(=O)O)c2C1. The van der Waals surface area contributed by atoms with Gasteiger partial charge in [-0.1, -0.05) is 0 Å². The number of fused-ring (bicyclic) bond motifs is 2. The molecule has 1 aliphatic heterocycles. The van der Waals surface area contributed by atoms with Crippen LogP contribution in [0.1, 0.15) is 63.0 Å². The normalized spacial score (nSPS) is 15.1. The van der Waals surface area contributed by atoms with Crippen molar-refractivity contribution in [2.45, 2.75) is 102 Å². The number of amides is 3. The third-order valence-corrected chi connectivity index (χ3v) is 9.02. The number of urea groups is 1. The van der Waals surface area contributed by atoms with E-state index in [0.717, 1.165) is 11.6 Å². The Kier molecular flexibility index (Phi) is 15.5. The predicted octanol–water partition coefficient (Wildman–Crippen LogP) is -2.24. The predicted molar refractivity (Wildman–Crippen MR) is 178 cm³/mol. The molecule has 0 saturated carbocycles. The van der Waals surface area contributed by atoms with E-state index in [9.17, 15) is 49.2 Å². The van der Waals surface area contributed by atoms with Crippen molar-refractivity contribution in [3.05, 3.63) is 36.4 Å². The van der Waals surface area contributed by atoms with Gasteiger partial charge in [-0.2, -0.15) is 9.13 Å². The highest BCUT2D eigenvalue weighted by molar-refractivity contribution is 5.86. The first-order valence-electron chi connectivity index (χ1n) is 17.2. The molecule has 20 heteroatoms. The van der Waals surface area contributed by atoms with Gasteiger partial charge in [0.15, 0.2) is 26.2 Å². The van der Waals surface area contributed by atoms with Crippen LogP contribution in [-0.4, -0.2) is 120 Å². The Balaban J connectivity index is 1.48. The lowest BCUT2D eigenvalue weighted by molar-refractivity contribution is -0.989. The van der Waals surface area contributed by atoms with Crippen molar-refractivity contribution in [3.8, 4) is 0 Å². The first-order chi connectivity index (χ1) is 24.6. The molecular weight excluding hydrogens is 686 g/mol. The summed E-state index contributed by atoms with van der Waals surface area (Å²) in [6.45, 7) is 1.61. The number of aliphatic hydroxyl groups is 1. The first-order valence-corrected chi connectivity index (χ1v) is 17.2. The summed E-state index contributed by atoms with van der Waals surface area (Å²) in [6.07, 6.45) is 9.70. The number of rotatable bonds is 22. The molecule has 0 fully saturated rings. The first kappa shape index (κ1) is 41.3. The van der Waals surface area contributed by atoms with Crippen LogP contribution in [0.2, 0.25) is 0 Å². The van der Waals surface area contributed by atoms with E-state index < -0.39 is 48.0 Å². The molecule has 0 radical (unpaired) electrons. The van der Waals surface area contributed by atoms with Gasteiger partial charge in [-0.3, -0.25) is 4.79 Å². The molecule has 0 aromatic carbocycles. The number of quaternary nitrogens is 1. The van der Waals surface area contributed by atoms with Crippen molar-refractivity contribution < 1.29 is 67.9 Å². The lowest BCUT2D eigenvalue weighted by Crippen LogP contribution is -2.61. The number of carbonyl (C=O) groups excluding carboxylic acids is 2. The lowest BCUT2D eigenvalue weighted by atomic mass is 10.1. The quantitative estimate of drug-likeness (QED) is 0.0352. The standard InChI is InChI=1S/C32H49N9O11/c1-41(19-25-37(17-27(43)44)11-13-39(25)21-40-14-12-38(18-28(45)46)26(40)20-41)15-5-3-7-22(33)29(47)34-10-4-2-8-23(30(48)49)35-32(52)36-24(31(50)51)9-6-16-42/h11-14,22-24,42H,2-10,15-21,33H2,1H3,(H4-3,34,35,36,43,44,45,46,47,48,49,50,51,52)/p+3. The molecule has 3 atom stereocenters. The Labute approximate surface area is 300 Å². The van der Waals surface area contributed by atoms with E-state index in [1.165, 1.54) is 0 Å². The number of carboxylic acid groups (broad SMARTS) is 4. The molecular formula is C32H52N9O11+3. The number of unbranched alkanes of at least 4 members (excludes halogenated alkanes) is 2. The maximum Gasteiger partial charge on any atom is 0.346 e. The van der Waals surface area contributed by atoms with Crippen LogP contribution in [0.5, 0.6) is 0 Å². The maximum atomic E-state index is 12.7. The highest BCUT2D eigenvalue weighted by Gasteiger charge is 2.39. The van der Waals surface area contributed by atoms with E-state index in [1.807, 2.05) is 28.6 Å². The van der Waals surface area contributed by atoms with E-state index in [-0.39, 0.29) is 51.4 Å². The molecule has 0 spiro atoms. The van der Waals surface area contributed by atoms with Gasteiger partial charge in [-0.25, -0.2) is 33.1 Å². The van der Waals surface area contributed by atoms with Crippen LogP contribution >= 0.6 is 0 Å². The second-order valence-electron chi connectivity index (χ2n) is 13.4. The summed E-state index contributed by atoms with van der Waals surface area (Å²) in [5.74, 6) is -3.25. The molecule has 20 nitrogen and oxygen atoms in total. The Morgan fingerprint density at radius 3 is 1.77 bits per heavy atom.